The van der Waals surface area contributed by atoms with Crippen LogP contribution >= 0.6 is 0 Å². The van der Waals surface area contributed by atoms with Gasteiger partial charge in [-0.15, -0.1) is 0 Å². The maximum absolute atomic E-state index is 12.0. The standard InChI is InChI=1S/C12H20N2O/c1-4-11(7-13)12(15)14-8-9(2)5-6-10(14)3/h9-11H,4-6,8H2,1-3H3. The Morgan fingerprint density at radius 1 is 1.53 bits per heavy atom. The molecule has 0 aromatic heterocycles. The van der Waals surface area contributed by atoms with Crippen LogP contribution in [-0.4, -0.2) is 23.4 Å². The summed E-state index contributed by atoms with van der Waals surface area (Å²) in [6.45, 7) is 6.95. The normalized spacial score (nSPS) is 28.3. The second-order valence-corrected chi connectivity index (χ2v) is 4.61. The van der Waals surface area contributed by atoms with Crippen molar-refractivity contribution in [2.45, 2.75) is 46.1 Å². The molecule has 15 heavy (non-hydrogen) atoms. The van der Waals surface area contributed by atoms with E-state index in [1.165, 1.54) is 6.42 Å². The van der Waals surface area contributed by atoms with Gasteiger partial charge in [0.05, 0.1) is 6.07 Å². The fourth-order valence-corrected chi connectivity index (χ4v) is 2.12. The highest BCUT2D eigenvalue weighted by Crippen LogP contribution is 2.23. The summed E-state index contributed by atoms with van der Waals surface area (Å²) >= 11 is 0. The van der Waals surface area contributed by atoms with Gasteiger partial charge in [0.25, 0.3) is 0 Å². The number of likely N-dealkylation sites (tertiary alicyclic amines) is 1. The monoisotopic (exact) mass is 208 g/mol. The predicted molar refractivity (Wildman–Crippen MR) is 59.0 cm³/mol. The molecule has 0 spiro atoms. The molecule has 3 atom stereocenters. The molecule has 0 radical (unpaired) electrons. The highest BCUT2D eigenvalue weighted by molar-refractivity contribution is 5.81. The van der Waals surface area contributed by atoms with Gasteiger partial charge in [-0.3, -0.25) is 4.79 Å². The molecule has 1 aliphatic rings. The summed E-state index contributed by atoms with van der Waals surface area (Å²) in [6, 6.07) is 2.39. The summed E-state index contributed by atoms with van der Waals surface area (Å²) in [5, 5.41) is 8.88. The molecule has 0 aliphatic carbocycles. The van der Waals surface area contributed by atoms with Gasteiger partial charge in [0, 0.05) is 12.6 Å². The Kier molecular flexibility index (Phi) is 4.14. The molecule has 84 valence electrons. The van der Waals surface area contributed by atoms with Crippen LogP contribution in [0.3, 0.4) is 0 Å². The molecule has 0 saturated carbocycles. The van der Waals surface area contributed by atoms with E-state index in [0.717, 1.165) is 13.0 Å². The molecule has 3 heteroatoms. The largest absolute Gasteiger partial charge is 0.339 e. The SMILES string of the molecule is CCC(C#N)C(=O)N1CC(C)CCC1C. The average molecular weight is 208 g/mol. The van der Waals surface area contributed by atoms with E-state index in [1.807, 2.05) is 11.8 Å². The summed E-state index contributed by atoms with van der Waals surface area (Å²) in [6.07, 6.45) is 2.87. The van der Waals surface area contributed by atoms with Crippen LogP contribution in [0.15, 0.2) is 0 Å². The van der Waals surface area contributed by atoms with E-state index in [-0.39, 0.29) is 5.91 Å². The molecule has 3 nitrogen and oxygen atoms in total. The molecule has 0 aromatic carbocycles. The Bertz CT molecular complexity index is 269. The minimum Gasteiger partial charge on any atom is -0.339 e. The number of piperidine rings is 1. The van der Waals surface area contributed by atoms with Gasteiger partial charge in [-0.1, -0.05) is 13.8 Å². The maximum Gasteiger partial charge on any atom is 0.240 e. The summed E-state index contributed by atoms with van der Waals surface area (Å²) in [5.74, 6) is 0.151. The van der Waals surface area contributed by atoms with Gasteiger partial charge in [-0.05, 0) is 32.1 Å². The lowest BCUT2D eigenvalue weighted by Gasteiger charge is -2.37. The average Bonchev–Trinajstić information content (AvgIpc) is 2.23. The van der Waals surface area contributed by atoms with Crippen LogP contribution in [0.25, 0.3) is 0 Å². The molecule has 1 heterocycles. The number of rotatable bonds is 2. The zero-order valence-corrected chi connectivity index (χ0v) is 9.86. The van der Waals surface area contributed by atoms with Crippen molar-refractivity contribution in [3.8, 4) is 6.07 Å². The van der Waals surface area contributed by atoms with E-state index in [9.17, 15) is 4.79 Å². The van der Waals surface area contributed by atoms with Crippen LogP contribution in [0.2, 0.25) is 0 Å². The van der Waals surface area contributed by atoms with Crippen molar-refractivity contribution in [3.63, 3.8) is 0 Å². The van der Waals surface area contributed by atoms with E-state index < -0.39 is 5.92 Å². The second-order valence-electron chi connectivity index (χ2n) is 4.61. The lowest BCUT2D eigenvalue weighted by Crippen LogP contribution is -2.47. The van der Waals surface area contributed by atoms with Crippen molar-refractivity contribution in [2.24, 2.45) is 11.8 Å². The third-order valence-electron chi connectivity index (χ3n) is 3.26. The van der Waals surface area contributed by atoms with Gasteiger partial charge in [0.15, 0.2) is 0 Å². The van der Waals surface area contributed by atoms with Crippen LogP contribution in [0.1, 0.15) is 40.0 Å². The van der Waals surface area contributed by atoms with Gasteiger partial charge in [-0.25, -0.2) is 0 Å². The summed E-state index contributed by atoms with van der Waals surface area (Å²) in [7, 11) is 0. The lowest BCUT2D eigenvalue weighted by molar-refractivity contribution is -0.138. The van der Waals surface area contributed by atoms with Crippen molar-refractivity contribution in [3.05, 3.63) is 0 Å². The maximum atomic E-state index is 12.0. The quantitative estimate of drug-likeness (QED) is 0.698. The number of carbonyl (C=O) groups excluding carboxylic acids is 1. The third-order valence-corrected chi connectivity index (χ3v) is 3.26. The summed E-state index contributed by atoms with van der Waals surface area (Å²) in [5.41, 5.74) is 0. The number of nitriles is 1. The Labute approximate surface area is 92.1 Å². The molecule has 0 N–H and O–H groups in total. The van der Waals surface area contributed by atoms with Crippen molar-refractivity contribution in [1.82, 2.24) is 4.90 Å². The number of hydrogen-bond acceptors (Lipinski definition) is 2. The summed E-state index contributed by atoms with van der Waals surface area (Å²) in [4.78, 5) is 13.9. The fraction of sp³-hybridized carbons (Fsp3) is 0.833. The van der Waals surface area contributed by atoms with E-state index in [1.54, 1.807) is 0 Å². The fourth-order valence-electron chi connectivity index (χ4n) is 2.12. The molecule has 1 fully saturated rings. The molecule has 3 unspecified atom stereocenters. The van der Waals surface area contributed by atoms with Crippen LogP contribution in [0, 0.1) is 23.2 Å². The van der Waals surface area contributed by atoms with Crippen molar-refractivity contribution in [2.75, 3.05) is 6.54 Å². The first-order chi connectivity index (χ1) is 7.10. The molecule has 1 aliphatic heterocycles. The molecule has 0 bridgehead atoms. The molecular weight excluding hydrogens is 188 g/mol. The predicted octanol–water partition coefficient (Wildman–Crippen LogP) is 2.18. The lowest BCUT2D eigenvalue weighted by atomic mass is 9.93. The van der Waals surface area contributed by atoms with E-state index in [0.29, 0.717) is 18.4 Å². The van der Waals surface area contributed by atoms with Crippen LogP contribution in [0.4, 0.5) is 0 Å². The number of carbonyl (C=O) groups is 1. The van der Waals surface area contributed by atoms with Gasteiger partial charge in [-0.2, -0.15) is 5.26 Å². The van der Waals surface area contributed by atoms with Crippen molar-refractivity contribution in [1.29, 1.82) is 5.26 Å². The number of hydrogen-bond donors (Lipinski definition) is 0. The first-order valence-electron chi connectivity index (χ1n) is 5.80. The van der Waals surface area contributed by atoms with Gasteiger partial charge < -0.3 is 4.90 Å². The Morgan fingerprint density at radius 3 is 2.73 bits per heavy atom. The molecular formula is C12H20N2O. The second kappa shape index (κ2) is 5.16. The summed E-state index contributed by atoms with van der Waals surface area (Å²) < 4.78 is 0. The third kappa shape index (κ3) is 2.71. The van der Waals surface area contributed by atoms with E-state index in [4.69, 9.17) is 5.26 Å². The van der Waals surface area contributed by atoms with Gasteiger partial charge >= 0.3 is 0 Å². The Morgan fingerprint density at radius 2 is 2.20 bits per heavy atom. The minimum atomic E-state index is -0.447. The number of nitrogens with zero attached hydrogens (tertiary/aromatic N) is 2. The highest BCUT2D eigenvalue weighted by Gasteiger charge is 2.30. The molecule has 0 aromatic rings. The zero-order valence-electron chi connectivity index (χ0n) is 9.86. The van der Waals surface area contributed by atoms with Gasteiger partial charge in [0.1, 0.15) is 5.92 Å². The Hall–Kier alpha value is -1.04. The first kappa shape index (κ1) is 12.0. The van der Waals surface area contributed by atoms with Crippen LogP contribution < -0.4 is 0 Å². The van der Waals surface area contributed by atoms with E-state index >= 15 is 0 Å². The van der Waals surface area contributed by atoms with E-state index in [2.05, 4.69) is 19.9 Å². The number of amides is 1. The van der Waals surface area contributed by atoms with Crippen molar-refractivity contribution >= 4 is 5.91 Å². The van der Waals surface area contributed by atoms with Crippen LogP contribution in [-0.2, 0) is 4.79 Å². The molecule has 1 amide bonds. The highest BCUT2D eigenvalue weighted by atomic mass is 16.2. The van der Waals surface area contributed by atoms with Crippen molar-refractivity contribution < 1.29 is 4.79 Å². The molecule has 1 saturated heterocycles. The smallest absolute Gasteiger partial charge is 0.240 e. The molecule has 1 rings (SSSR count). The minimum absolute atomic E-state index is 0.0269. The van der Waals surface area contributed by atoms with Crippen LogP contribution in [0.5, 0.6) is 0 Å². The topological polar surface area (TPSA) is 44.1 Å². The zero-order chi connectivity index (χ0) is 11.4. The van der Waals surface area contributed by atoms with Gasteiger partial charge in [0.2, 0.25) is 5.91 Å². The Balaban J connectivity index is 2.68. The first-order valence-corrected chi connectivity index (χ1v) is 5.80.